The van der Waals surface area contributed by atoms with Crippen molar-refractivity contribution in [3.63, 3.8) is 0 Å². The molecule has 7 nitrogen and oxygen atoms in total. The molecule has 3 heterocycles. The van der Waals surface area contributed by atoms with Crippen molar-refractivity contribution in [3.05, 3.63) is 109 Å². The molecule has 3 atom stereocenters. The highest BCUT2D eigenvalue weighted by molar-refractivity contribution is 8.00. The first-order valence-electron chi connectivity index (χ1n) is 13.6. The molecule has 1 N–H and O–H groups in total. The first-order valence-corrected chi connectivity index (χ1v) is 15.7. The van der Waals surface area contributed by atoms with E-state index in [1.807, 2.05) is 24.3 Å². The number of anilines is 2. The summed E-state index contributed by atoms with van der Waals surface area (Å²) in [5.74, 6) is -2.95. The number of nitrogens with zero attached hydrogens (tertiary/aromatic N) is 2. The molecule has 4 aromatic rings. The van der Waals surface area contributed by atoms with Gasteiger partial charge in [-0.1, -0.05) is 79.7 Å². The molecule has 2 unspecified atom stereocenters. The van der Waals surface area contributed by atoms with Gasteiger partial charge < -0.3 is 5.32 Å². The number of hydrogen-bond donors (Lipinski definition) is 1. The number of thioether (sulfide) groups is 1. The highest BCUT2D eigenvalue weighted by atomic mass is 35.5. The van der Waals surface area contributed by atoms with Crippen molar-refractivity contribution in [3.8, 4) is 0 Å². The lowest BCUT2D eigenvalue weighted by atomic mass is 9.81. The molecule has 3 aromatic carbocycles. The van der Waals surface area contributed by atoms with E-state index in [-0.39, 0.29) is 28.6 Å². The fraction of sp³-hybridized carbons (Fsp3) is 0.250. The molecule has 6 rings (SSSR count). The predicted molar refractivity (Wildman–Crippen MR) is 168 cm³/mol. The van der Waals surface area contributed by atoms with Crippen LogP contribution in [0.15, 0.2) is 82.6 Å². The first-order chi connectivity index (χ1) is 20.4. The van der Waals surface area contributed by atoms with Gasteiger partial charge in [0.15, 0.2) is 0 Å². The quantitative estimate of drug-likeness (QED) is 0.255. The molecule has 0 saturated carbocycles. The minimum atomic E-state index is -0.802. The van der Waals surface area contributed by atoms with Crippen LogP contribution >= 0.6 is 34.7 Å². The maximum Gasteiger partial charge on any atom is 0.308 e. The Morgan fingerprint density at radius 2 is 1.58 bits per heavy atom. The van der Waals surface area contributed by atoms with Crippen molar-refractivity contribution in [2.45, 2.75) is 48.9 Å². The zero-order valence-electron chi connectivity index (χ0n) is 23.5. The minimum absolute atomic E-state index is 0.0921. The van der Waals surface area contributed by atoms with Crippen LogP contribution in [0, 0.1) is 11.7 Å². The van der Waals surface area contributed by atoms with Crippen LogP contribution in [0.5, 0.6) is 0 Å². The smallest absolute Gasteiger partial charge is 0.308 e. The van der Waals surface area contributed by atoms with E-state index in [1.54, 1.807) is 24.3 Å². The molecule has 2 aliphatic rings. The standard InChI is InChI=1S/C32H27ClFN3O4S2/c1-32(2,3)18-6-4-17(5-7-18)24-25-26(29(40)37(28(25)39)22-14-8-19(33)9-15-22)42-30-27(24)43-31(41)36(30)16-23(38)35-21-12-10-20(34)11-13-21/h4-15,24-26H,16H2,1-3H3,(H,35,38)/t24-,25?,26?/m1/s1. The van der Waals surface area contributed by atoms with Gasteiger partial charge in [-0.3, -0.25) is 23.7 Å². The summed E-state index contributed by atoms with van der Waals surface area (Å²) in [6, 6.07) is 19.8. The number of nitrogens with one attached hydrogen (secondary N) is 1. The highest BCUT2D eigenvalue weighted by Gasteiger charge is 2.56. The van der Waals surface area contributed by atoms with Crippen LogP contribution in [0.4, 0.5) is 15.8 Å². The van der Waals surface area contributed by atoms with Crippen molar-refractivity contribution < 1.29 is 18.8 Å². The third-order valence-corrected chi connectivity index (χ3v) is 10.6. The van der Waals surface area contributed by atoms with E-state index < -0.39 is 28.8 Å². The van der Waals surface area contributed by atoms with Crippen LogP contribution in [0.3, 0.4) is 0 Å². The molecule has 2 aliphatic heterocycles. The monoisotopic (exact) mass is 635 g/mol. The fourth-order valence-electron chi connectivity index (χ4n) is 5.53. The van der Waals surface area contributed by atoms with Crippen LogP contribution in [-0.2, 0) is 26.3 Å². The van der Waals surface area contributed by atoms with Gasteiger partial charge in [0.1, 0.15) is 17.6 Å². The van der Waals surface area contributed by atoms with Crippen molar-refractivity contribution in [1.82, 2.24) is 4.57 Å². The number of amides is 3. The van der Waals surface area contributed by atoms with Crippen LogP contribution in [0.25, 0.3) is 0 Å². The van der Waals surface area contributed by atoms with Crippen molar-refractivity contribution >= 4 is 63.8 Å². The molecule has 1 fully saturated rings. The Kier molecular flexibility index (Phi) is 7.56. The summed E-state index contributed by atoms with van der Waals surface area (Å²) in [6.45, 7) is 6.03. The van der Waals surface area contributed by atoms with Gasteiger partial charge in [-0.15, -0.1) is 0 Å². The number of benzene rings is 3. The van der Waals surface area contributed by atoms with Crippen molar-refractivity contribution in [1.29, 1.82) is 0 Å². The number of halogens is 2. The normalized spacial score (nSPS) is 19.7. The molecule has 0 aliphatic carbocycles. The molecule has 43 heavy (non-hydrogen) atoms. The predicted octanol–water partition coefficient (Wildman–Crippen LogP) is 6.43. The van der Waals surface area contributed by atoms with E-state index in [0.29, 0.717) is 26.3 Å². The summed E-state index contributed by atoms with van der Waals surface area (Å²) >= 11 is 8.20. The van der Waals surface area contributed by atoms with E-state index in [9.17, 15) is 23.6 Å². The summed E-state index contributed by atoms with van der Waals surface area (Å²) < 4.78 is 14.7. The molecule has 3 amide bonds. The van der Waals surface area contributed by atoms with Gasteiger partial charge >= 0.3 is 4.87 Å². The number of rotatable bonds is 5. The van der Waals surface area contributed by atoms with Gasteiger partial charge in [-0.2, -0.15) is 0 Å². The lowest BCUT2D eigenvalue weighted by Crippen LogP contribution is -2.33. The lowest BCUT2D eigenvalue weighted by Gasteiger charge is -2.31. The lowest BCUT2D eigenvalue weighted by molar-refractivity contribution is -0.122. The Morgan fingerprint density at radius 1 is 0.930 bits per heavy atom. The Morgan fingerprint density at radius 3 is 2.21 bits per heavy atom. The first kappa shape index (κ1) is 29.3. The fourth-order valence-corrected chi connectivity index (χ4v) is 8.43. The summed E-state index contributed by atoms with van der Waals surface area (Å²) in [5.41, 5.74) is 2.65. The second-order valence-electron chi connectivity index (χ2n) is 11.6. The Balaban J connectivity index is 1.41. The van der Waals surface area contributed by atoms with Crippen molar-refractivity contribution in [2.75, 3.05) is 10.2 Å². The number of carbonyl (C=O) groups excluding carboxylic acids is 3. The molecule has 11 heteroatoms. The van der Waals surface area contributed by atoms with E-state index in [4.69, 9.17) is 11.6 Å². The highest BCUT2D eigenvalue weighted by Crippen LogP contribution is 2.54. The van der Waals surface area contributed by atoms with Gasteiger partial charge in [0.05, 0.1) is 16.6 Å². The van der Waals surface area contributed by atoms with E-state index in [2.05, 4.69) is 26.1 Å². The minimum Gasteiger partial charge on any atom is -0.325 e. The molecular formula is C32H27ClFN3O4S2. The summed E-state index contributed by atoms with van der Waals surface area (Å²) in [4.78, 5) is 55.7. The number of thiazole rings is 1. The van der Waals surface area contributed by atoms with Crippen LogP contribution in [-0.4, -0.2) is 27.5 Å². The van der Waals surface area contributed by atoms with Gasteiger partial charge in [0.2, 0.25) is 17.7 Å². The third kappa shape index (κ3) is 5.43. The second kappa shape index (κ2) is 11.1. The van der Waals surface area contributed by atoms with Gasteiger partial charge in [0, 0.05) is 21.5 Å². The molecule has 0 bridgehead atoms. The van der Waals surface area contributed by atoms with Crippen LogP contribution < -0.4 is 15.1 Å². The summed E-state index contributed by atoms with van der Waals surface area (Å²) in [7, 11) is 0. The average molecular weight is 636 g/mol. The maximum atomic E-state index is 14.0. The second-order valence-corrected chi connectivity index (χ2v) is 14.1. The largest absolute Gasteiger partial charge is 0.325 e. The van der Waals surface area contributed by atoms with Crippen molar-refractivity contribution in [2.24, 2.45) is 5.92 Å². The zero-order chi connectivity index (χ0) is 30.6. The van der Waals surface area contributed by atoms with E-state index in [0.717, 1.165) is 34.2 Å². The average Bonchev–Trinajstić information content (AvgIpc) is 3.40. The van der Waals surface area contributed by atoms with Gasteiger partial charge in [0.25, 0.3) is 0 Å². The molecule has 0 spiro atoms. The SMILES string of the molecule is CC(C)(C)c1ccc([C@H]2c3sc(=O)n(CC(=O)Nc4ccc(F)cc4)c3SC3C(=O)N(c4ccc(Cl)cc4)C(=O)C32)cc1. The van der Waals surface area contributed by atoms with E-state index in [1.165, 1.54) is 33.7 Å². The molecule has 1 saturated heterocycles. The van der Waals surface area contributed by atoms with Gasteiger partial charge in [-0.05, 0) is 65.1 Å². The summed E-state index contributed by atoms with van der Waals surface area (Å²) in [6.07, 6.45) is 0. The molecule has 0 radical (unpaired) electrons. The number of imide groups is 1. The van der Waals surface area contributed by atoms with Crippen LogP contribution in [0.2, 0.25) is 5.02 Å². The Bertz CT molecular complexity index is 1790. The molecule has 220 valence electrons. The third-order valence-electron chi connectivity index (χ3n) is 7.70. The number of carbonyl (C=O) groups is 3. The Labute approximate surface area is 260 Å². The number of hydrogen-bond acceptors (Lipinski definition) is 6. The number of aromatic nitrogens is 1. The Hall–Kier alpha value is -3.73. The van der Waals surface area contributed by atoms with E-state index >= 15 is 0 Å². The zero-order valence-corrected chi connectivity index (χ0v) is 25.9. The molecular weight excluding hydrogens is 609 g/mol. The molecule has 1 aromatic heterocycles. The number of fused-ring (bicyclic) bond motifs is 2. The maximum absolute atomic E-state index is 14.0. The topological polar surface area (TPSA) is 88.5 Å². The summed E-state index contributed by atoms with van der Waals surface area (Å²) in [5, 5.41) is 2.87. The van der Waals surface area contributed by atoms with Crippen LogP contribution in [0.1, 0.15) is 42.7 Å². The van der Waals surface area contributed by atoms with Gasteiger partial charge in [-0.25, -0.2) is 9.29 Å².